The van der Waals surface area contributed by atoms with Crippen molar-refractivity contribution in [2.45, 2.75) is 31.6 Å². The van der Waals surface area contributed by atoms with E-state index in [0.29, 0.717) is 18.2 Å². The van der Waals surface area contributed by atoms with Crippen molar-refractivity contribution in [1.82, 2.24) is 10.6 Å². The van der Waals surface area contributed by atoms with Crippen LogP contribution in [-0.2, 0) is 4.79 Å². The third-order valence-electron chi connectivity index (χ3n) is 3.14. The van der Waals surface area contributed by atoms with Gasteiger partial charge in [-0.1, -0.05) is 20.3 Å². The lowest BCUT2D eigenvalue weighted by Gasteiger charge is -2.23. The topological polar surface area (TPSA) is 78.4 Å². The van der Waals surface area contributed by atoms with Gasteiger partial charge in [-0.3, -0.25) is 0 Å². The maximum Gasteiger partial charge on any atom is 0.326 e. The SMILES string of the molecule is CCC(C)C(NC(=O)NCC1CSCCS1)C(=O)O. The number of aliphatic carboxylic acids is 1. The predicted octanol–water partition coefficient (Wildman–Crippen LogP) is 1.63. The molecule has 0 aromatic heterocycles. The van der Waals surface area contributed by atoms with Gasteiger partial charge in [0.2, 0.25) is 0 Å². The maximum atomic E-state index is 11.7. The lowest BCUT2D eigenvalue weighted by atomic mass is 9.99. The summed E-state index contributed by atoms with van der Waals surface area (Å²) < 4.78 is 0. The van der Waals surface area contributed by atoms with Crippen LogP contribution in [0.3, 0.4) is 0 Å². The van der Waals surface area contributed by atoms with Gasteiger partial charge in [-0.25, -0.2) is 9.59 Å². The van der Waals surface area contributed by atoms with Crippen molar-refractivity contribution in [2.24, 2.45) is 5.92 Å². The molecule has 1 rings (SSSR count). The molecule has 2 amide bonds. The van der Waals surface area contributed by atoms with Crippen LogP contribution in [0.1, 0.15) is 20.3 Å². The van der Waals surface area contributed by atoms with Crippen LogP contribution in [0.15, 0.2) is 0 Å². The van der Waals surface area contributed by atoms with Gasteiger partial charge in [0, 0.05) is 29.1 Å². The largest absolute Gasteiger partial charge is 0.480 e. The Hall–Kier alpha value is -0.560. The van der Waals surface area contributed by atoms with Crippen molar-refractivity contribution < 1.29 is 14.7 Å². The number of carboxylic acid groups (broad SMARTS) is 1. The van der Waals surface area contributed by atoms with Gasteiger partial charge in [-0.2, -0.15) is 23.5 Å². The van der Waals surface area contributed by atoms with Crippen molar-refractivity contribution in [3.05, 3.63) is 0 Å². The Labute approximate surface area is 122 Å². The number of nitrogens with one attached hydrogen (secondary N) is 2. The summed E-state index contributed by atoms with van der Waals surface area (Å²) in [5.74, 6) is 2.26. The van der Waals surface area contributed by atoms with Crippen LogP contribution in [-0.4, -0.2) is 52.2 Å². The van der Waals surface area contributed by atoms with Gasteiger partial charge < -0.3 is 15.7 Å². The minimum atomic E-state index is -0.980. The minimum absolute atomic E-state index is 0.0807. The van der Waals surface area contributed by atoms with E-state index >= 15 is 0 Å². The van der Waals surface area contributed by atoms with Gasteiger partial charge in [-0.15, -0.1) is 0 Å². The number of urea groups is 1. The monoisotopic (exact) mass is 306 g/mol. The molecular formula is C12H22N2O3S2. The highest BCUT2D eigenvalue weighted by Gasteiger charge is 2.25. The summed E-state index contributed by atoms with van der Waals surface area (Å²) in [4.78, 5) is 22.8. The van der Waals surface area contributed by atoms with E-state index in [9.17, 15) is 9.59 Å². The molecule has 19 heavy (non-hydrogen) atoms. The van der Waals surface area contributed by atoms with E-state index in [2.05, 4.69) is 10.6 Å². The van der Waals surface area contributed by atoms with E-state index in [4.69, 9.17) is 5.11 Å². The zero-order valence-corrected chi connectivity index (χ0v) is 13.0. The molecule has 0 saturated carbocycles. The second kappa shape index (κ2) is 8.58. The van der Waals surface area contributed by atoms with Crippen LogP contribution in [0.25, 0.3) is 0 Å². The van der Waals surface area contributed by atoms with Crippen LogP contribution >= 0.6 is 23.5 Å². The number of hydrogen-bond donors (Lipinski definition) is 3. The van der Waals surface area contributed by atoms with Gasteiger partial charge in [0.25, 0.3) is 0 Å². The zero-order valence-electron chi connectivity index (χ0n) is 11.3. The van der Waals surface area contributed by atoms with E-state index in [1.807, 2.05) is 37.4 Å². The smallest absolute Gasteiger partial charge is 0.326 e. The first-order valence-electron chi connectivity index (χ1n) is 6.51. The molecule has 0 spiro atoms. The molecule has 3 unspecified atom stereocenters. The van der Waals surface area contributed by atoms with Crippen LogP contribution < -0.4 is 10.6 Å². The lowest BCUT2D eigenvalue weighted by Crippen LogP contribution is -2.50. The average molecular weight is 306 g/mol. The van der Waals surface area contributed by atoms with Crippen LogP contribution in [0.2, 0.25) is 0 Å². The van der Waals surface area contributed by atoms with E-state index in [-0.39, 0.29) is 11.9 Å². The van der Waals surface area contributed by atoms with Crippen molar-refractivity contribution in [1.29, 1.82) is 0 Å². The number of hydrogen-bond acceptors (Lipinski definition) is 4. The first-order valence-corrected chi connectivity index (χ1v) is 8.71. The van der Waals surface area contributed by atoms with Crippen LogP contribution in [0.5, 0.6) is 0 Å². The molecule has 5 nitrogen and oxygen atoms in total. The molecule has 0 aromatic rings. The van der Waals surface area contributed by atoms with Crippen molar-refractivity contribution >= 4 is 35.5 Å². The van der Waals surface area contributed by atoms with E-state index in [1.54, 1.807) is 0 Å². The maximum absolute atomic E-state index is 11.7. The van der Waals surface area contributed by atoms with Crippen molar-refractivity contribution in [3.63, 3.8) is 0 Å². The fourth-order valence-electron chi connectivity index (χ4n) is 1.74. The van der Waals surface area contributed by atoms with Crippen LogP contribution in [0, 0.1) is 5.92 Å². The van der Waals surface area contributed by atoms with Gasteiger partial charge >= 0.3 is 12.0 Å². The summed E-state index contributed by atoms with van der Waals surface area (Å²) in [5.41, 5.74) is 0. The molecule has 1 aliphatic heterocycles. The van der Waals surface area contributed by atoms with Gasteiger partial charge in [-0.05, 0) is 5.92 Å². The average Bonchev–Trinajstić information content (AvgIpc) is 2.42. The van der Waals surface area contributed by atoms with E-state index in [0.717, 1.165) is 11.5 Å². The summed E-state index contributed by atoms with van der Waals surface area (Å²) >= 11 is 3.76. The molecule has 0 aliphatic carbocycles. The molecule has 110 valence electrons. The highest BCUT2D eigenvalue weighted by atomic mass is 32.2. The number of carboxylic acids is 1. The Morgan fingerprint density at radius 1 is 1.42 bits per heavy atom. The summed E-state index contributed by atoms with van der Waals surface area (Å²) in [6.07, 6.45) is 0.715. The summed E-state index contributed by atoms with van der Waals surface area (Å²) in [6, 6.07) is -1.21. The molecule has 0 aromatic carbocycles. The fraction of sp³-hybridized carbons (Fsp3) is 0.833. The molecule has 1 fully saturated rings. The number of thioether (sulfide) groups is 2. The molecule has 7 heteroatoms. The van der Waals surface area contributed by atoms with Gasteiger partial charge in [0.05, 0.1) is 0 Å². The minimum Gasteiger partial charge on any atom is -0.480 e. The first kappa shape index (κ1) is 16.5. The molecule has 0 radical (unpaired) electrons. The number of carbonyl (C=O) groups excluding carboxylic acids is 1. The molecule has 1 aliphatic rings. The quantitative estimate of drug-likeness (QED) is 0.695. The number of rotatable bonds is 6. The number of carbonyl (C=O) groups is 2. The zero-order chi connectivity index (χ0) is 14.3. The summed E-state index contributed by atoms with van der Waals surface area (Å²) in [5, 5.41) is 14.8. The Kier molecular flexibility index (Phi) is 7.45. The highest BCUT2D eigenvalue weighted by Crippen LogP contribution is 2.23. The van der Waals surface area contributed by atoms with Crippen molar-refractivity contribution in [2.75, 3.05) is 23.8 Å². The molecular weight excluding hydrogens is 284 g/mol. The molecule has 3 N–H and O–H groups in total. The van der Waals surface area contributed by atoms with Crippen molar-refractivity contribution in [3.8, 4) is 0 Å². The van der Waals surface area contributed by atoms with Crippen LogP contribution in [0.4, 0.5) is 4.79 Å². The standard InChI is InChI=1S/C12H22N2O3S2/c1-3-8(2)10(11(15)16)14-12(17)13-6-9-7-18-4-5-19-9/h8-10H,3-7H2,1-2H3,(H,15,16)(H2,13,14,17). The normalized spacial score (nSPS) is 22.3. The van der Waals surface area contributed by atoms with Gasteiger partial charge in [0.15, 0.2) is 0 Å². The van der Waals surface area contributed by atoms with E-state index < -0.39 is 12.0 Å². The molecule has 3 atom stereocenters. The fourth-order valence-corrected chi connectivity index (χ4v) is 4.35. The third-order valence-corrected chi connectivity index (χ3v) is 5.99. The molecule has 0 bridgehead atoms. The molecule has 1 saturated heterocycles. The predicted molar refractivity (Wildman–Crippen MR) is 81.0 cm³/mol. The Morgan fingerprint density at radius 2 is 2.16 bits per heavy atom. The second-order valence-electron chi connectivity index (χ2n) is 4.62. The molecule has 1 heterocycles. The third kappa shape index (κ3) is 5.95. The Bertz CT molecular complexity index is 309. The van der Waals surface area contributed by atoms with Gasteiger partial charge in [0.1, 0.15) is 6.04 Å². The summed E-state index contributed by atoms with van der Waals surface area (Å²) in [6.45, 7) is 4.33. The van der Waals surface area contributed by atoms with E-state index in [1.165, 1.54) is 5.75 Å². The first-order chi connectivity index (χ1) is 9.04. The summed E-state index contributed by atoms with van der Waals surface area (Å²) in [7, 11) is 0. The second-order valence-corrected chi connectivity index (χ2v) is 7.18. The Morgan fingerprint density at radius 3 is 2.68 bits per heavy atom. The number of amides is 2. The Balaban J connectivity index is 2.33. The highest BCUT2D eigenvalue weighted by molar-refractivity contribution is 8.06. The lowest BCUT2D eigenvalue weighted by molar-refractivity contribution is -0.140.